The Labute approximate surface area is 112 Å². The highest BCUT2D eigenvalue weighted by atomic mass is 19.1. The van der Waals surface area contributed by atoms with E-state index in [0.717, 1.165) is 45.3 Å². The molecule has 0 aliphatic carbocycles. The van der Waals surface area contributed by atoms with Gasteiger partial charge < -0.3 is 14.9 Å². The van der Waals surface area contributed by atoms with E-state index in [-0.39, 0.29) is 11.9 Å². The number of nitrogens with zero attached hydrogens (tertiary/aromatic N) is 4. The van der Waals surface area contributed by atoms with Crippen molar-refractivity contribution in [2.75, 3.05) is 36.0 Å². The van der Waals surface area contributed by atoms with E-state index >= 15 is 0 Å². The molecule has 0 aromatic carbocycles. The third kappa shape index (κ3) is 2.63. The molecule has 0 saturated carbocycles. The minimum absolute atomic E-state index is 0.336. The number of hydrogen-bond acceptors (Lipinski definition) is 5. The Morgan fingerprint density at radius 3 is 2.63 bits per heavy atom. The van der Waals surface area contributed by atoms with E-state index in [1.165, 1.54) is 6.20 Å². The highest BCUT2D eigenvalue weighted by molar-refractivity contribution is 5.46. The smallest absolute Gasteiger partial charge is 0.227 e. The first kappa shape index (κ1) is 12.6. The quantitative estimate of drug-likeness (QED) is 0.871. The Balaban J connectivity index is 1.83. The van der Waals surface area contributed by atoms with Crippen molar-refractivity contribution in [3.63, 3.8) is 0 Å². The molecular formula is C13H19FN4O. The van der Waals surface area contributed by atoms with Gasteiger partial charge >= 0.3 is 0 Å². The molecule has 104 valence electrons. The zero-order chi connectivity index (χ0) is 13.2. The summed E-state index contributed by atoms with van der Waals surface area (Å²) in [5.41, 5.74) is 0. The summed E-state index contributed by atoms with van der Waals surface area (Å²) < 4.78 is 13.8. The van der Waals surface area contributed by atoms with Gasteiger partial charge in [-0.05, 0) is 25.7 Å². The first-order valence-corrected chi connectivity index (χ1v) is 6.94. The van der Waals surface area contributed by atoms with E-state index < -0.39 is 0 Å². The fourth-order valence-corrected chi connectivity index (χ4v) is 2.79. The van der Waals surface area contributed by atoms with Gasteiger partial charge in [0.1, 0.15) is 0 Å². The van der Waals surface area contributed by atoms with Gasteiger partial charge in [-0.15, -0.1) is 0 Å². The van der Waals surface area contributed by atoms with Crippen LogP contribution in [0.2, 0.25) is 0 Å². The van der Waals surface area contributed by atoms with E-state index in [9.17, 15) is 9.50 Å². The maximum absolute atomic E-state index is 13.8. The van der Waals surface area contributed by atoms with Crippen LogP contribution in [0.5, 0.6) is 0 Å². The zero-order valence-electron chi connectivity index (χ0n) is 10.9. The van der Waals surface area contributed by atoms with Crippen molar-refractivity contribution in [3.05, 3.63) is 12.0 Å². The fraction of sp³-hybridized carbons (Fsp3) is 0.692. The average Bonchev–Trinajstić information content (AvgIpc) is 2.93. The molecule has 0 spiro atoms. The highest BCUT2D eigenvalue weighted by Crippen LogP contribution is 2.24. The third-order valence-electron chi connectivity index (χ3n) is 3.80. The molecule has 1 atom stereocenters. The molecule has 3 heterocycles. The van der Waals surface area contributed by atoms with Crippen molar-refractivity contribution in [2.24, 2.45) is 0 Å². The summed E-state index contributed by atoms with van der Waals surface area (Å²) >= 11 is 0. The van der Waals surface area contributed by atoms with Gasteiger partial charge in [0.05, 0.1) is 12.3 Å². The molecule has 1 N–H and O–H groups in total. The van der Waals surface area contributed by atoms with Crippen LogP contribution in [0.3, 0.4) is 0 Å². The number of piperidine rings is 1. The summed E-state index contributed by atoms with van der Waals surface area (Å²) in [6.07, 6.45) is 4.81. The van der Waals surface area contributed by atoms with Crippen molar-refractivity contribution in [1.82, 2.24) is 9.97 Å². The topological polar surface area (TPSA) is 52.5 Å². The lowest BCUT2D eigenvalue weighted by molar-refractivity contribution is 0.153. The minimum Gasteiger partial charge on any atom is -0.391 e. The second-order valence-electron chi connectivity index (χ2n) is 5.28. The Hall–Kier alpha value is -1.43. The lowest BCUT2D eigenvalue weighted by atomic mass is 10.1. The molecule has 6 heteroatoms. The van der Waals surface area contributed by atoms with E-state index in [1.54, 1.807) is 0 Å². The van der Waals surface area contributed by atoms with Crippen LogP contribution < -0.4 is 9.80 Å². The molecule has 1 aromatic heterocycles. The van der Waals surface area contributed by atoms with Gasteiger partial charge in [0.25, 0.3) is 0 Å². The second kappa shape index (κ2) is 5.28. The van der Waals surface area contributed by atoms with Crippen LogP contribution in [0, 0.1) is 5.82 Å². The van der Waals surface area contributed by atoms with Gasteiger partial charge in [-0.25, -0.2) is 9.37 Å². The summed E-state index contributed by atoms with van der Waals surface area (Å²) in [5.74, 6) is 0.577. The molecule has 2 aliphatic heterocycles. The largest absolute Gasteiger partial charge is 0.391 e. The van der Waals surface area contributed by atoms with E-state index in [2.05, 4.69) is 9.97 Å². The average molecular weight is 266 g/mol. The Morgan fingerprint density at radius 1 is 1.16 bits per heavy atom. The minimum atomic E-state index is -0.358. The number of anilines is 2. The Morgan fingerprint density at radius 2 is 1.89 bits per heavy atom. The number of hydrogen-bond donors (Lipinski definition) is 1. The summed E-state index contributed by atoms with van der Waals surface area (Å²) in [4.78, 5) is 12.3. The molecule has 1 aromatic rings. The van der Waals surface area contributed by atoms with Crippen molar-refractivity contribution in [2.45, 2.75) is 31.8 Å². The standard InChI is InChI=1S/C13H19FN4O/c14-11-8-15-13(18-7-3-4-10(19)9-18)16-12(11)17-5-1-2-6-17/h8,10,19H,1-7,9H2. The molecule has 2 saturated heterocycles. The highest BCUT2D eigenvalue weighted by Gasteiger charge is 2.23. The normalized spacial score (nSPS) is 24.0. The molecule has 2 fully saturated rings. The van der Waals surface area contributed by atoms with Gasteiger partial charge in [0.2, 0.25) is 5.95 Å². The Kier molecular flexibility index (Phi) is 3.50. The summed E-state index contributed by atoms with van der Waals surface area (Å²) in [6, 6.07) is 0. The van der Waals surface area contributed by atoms with E-state index in [1.807, 2.05) is 9.80 Å². The monoisotopic (exact) mass is 266 g/mol. The SMILES string of the molecule is OC1CCCN(c2ncc(F)c(N3CCCC3)n2)C1. The van der Waals surface area contributed by atoms with Gasteiger partial charge in [-0.2, -0.15) is 4.98 Å². The zero-order valence-corrected chi connectivity index (χ0v) is 10.9. The molecular weight excluding hydrogens is 247 g/mol. The molecule has 2 aliphatic rings. The lowest BCUT2D eigenvalue weighted by Gasteiger charge is -2.30. The molecule has 0 amide bonds. The van der Waals surface area contributed by atoms with E-state index in [0.29, 0.717) is 18.3 Å². The summed E-state index contributed by atoms with van der Waals surface area (Å²) in [6.45, 7) is 3.07. The van der Waals surface area contributed by atoms with Crippen LogP contribution in [-0.2, 0) is 0 Å². The number of aliphatic hydroxyl groups is 1. The molecule has 0 radical (unpaired) electrons. The van der Waals surface area contributed by atoms with Crippen molar-refractivity contribution >= 4 is 11.8 Å². The van der Waals surface area contributed by atoms with Gasteiger partial charge in [0.15, 0.2) is 11.6 Å². The molecule has 0 bridgehead atoms. The maximum Gasteiger partial charge on any atom is 0.227 e. The second-order valence-corrected chi connectivity index (χ2v) is 5.28. The fourth-order valence-electron chi connectivity index (χ4n) is 2.79. The van der Waals surface area contributed by atoms with E-state index in [4.69, 9.17) is 0 Å². The maximum atomic E-state index is 13.8. The van der Waals surface area contributed by atoms with Gasteiger partial charge in [-0.3, -0.25) is 0 Å². The number of aromatic nitrogens is 2. The van der Waals surface area contributed by atoms with Crippen LogP contribution in [0.25, 0.3) is 0 Å². The van der Waals surface area contributed by atoms with Gasteiger partial charge in [-0.1, -0.05) is 0 Å². The molecule has 19 heavy (non-hydrogen) atoms. The molecule has 1 unspecified atom stereocenters. The van der Waals surface area contributed by atoms with Gasteiger partial charge in [0, 0.05) is 26.2 Å². The molecule has 5 nitrogen and oxygen atoms in total. The number of aliphatic hydroxyl groups excluding tert-OH is 1. The summed E-state index contributed by atoms with van der Waals surface area (Å²) in [5, 5.41) is 9.69. The molecule has 3 rings (SSSR count). The van der Waals surface area contributed by atoms with Crippen LogP contribution in [0.15, 0.2) is 6.20 Å². The predicted octanol–water partition coefficient (Wildman–Crippen LogP) is 1.18. The Bertz CT molecular complexity index is 450. The van der Waals surface area contributed by atoms with Crippen LogP contribution in [0.4, 0.5) is 16.2 Å². The van der Waals surface area contributed by atoms with Crippen LogP contribution >= 0.6 is 0 Å². The number of rotatable bonds is 2. The lowest BCUT2D eigenvalue weighted by Crippen LogP contribution is -2.39. The third-order valence-corrected chi connectivity index (χ3v) is 3.80. The van der Waals surface area contributed by atoms with Crippen molar-refractivity contribution in [1.29, 1.82) is 0 Å². The first-order valence-electron chi connectivity index (χ1n) is 6.94. The van der Waals surface area contributed by atoms with Crippen molar-refractivity contribution in [3.8, 4) is 0 Å². The van der Waals surface area contributed by atoms with Crippen LogP contribution in [0.1, 0.15) is 25.7 Å². The first-order chi connectivity index (χ1) is 9.24. The number of halogens is 1. The number of β-amino-alcohol motifs (C(OH)–C–C–N with tert-alkyl or cyclic N) is 1. The van der Waals surface area contributed by atoms with Crippen LogP contribution in [-0.4, -0.2) is 47.4 Å². The summed E-state index contributed by atoms with van der Waals surface area (Å²) in [7, 11) is 0. The predicted molar refractivity (Wildman–Crippen MR) is 70.9 cm³/mol. The van der Waals surface area contributed by atoms with Crippen molar-refractivity contribution < 1.29 is 9.50 Å².